The summed E-state index contributed by atoms with van der Waals surface area (Å²) in [5.41, 5.74) is 2.39. The normalized spacial score (nSPS) is 41.9. The number of hydrogen-bond donors (Lipinski definition) is 1. The van der Waals surface area contributed by atoms with E-state index in [9.17, 15) is 10.1 Å². The van der Waals surface area contributed by atoms with E-state index in [0.29, 0.717) is 18.4 Å². The van der Waals surface area contributed by atoms with Crippen molar-refractivity contribution in [1.29, 1.82) is 0 Å². The average molecular weight is 348 g/mol. The number of esters is 1. The maximum Gasteiger partial charge on any atom is 0.334 e. The van der Waals surface area contributed by atoms with Gasteiger partial charge in [0.15, 0.2) is 0 Å². The number of ether oxygens (including phenoxy) is 2. The smallest absolute Gasteiger partial charge is 0.334 e. The van der Waals surface area contributed by atoms with E-state index >= 15 is 0 Å². The third-order valence-corrected chi connectivity index (χ3v) is 5.89. The highest BCUT2D eigenvalue weighted by molar-refractivity contribution is 5.90. The van der Waals surface area contributed by atoms with Gasteiger partial charge in [0, 0.05) is 17.9 Å². The first kappa shape index (κ1) is 18.4. The van der Waals surface area contributed by atoms with Crippen LogP contribution in [0.2, 0.25) is 0 Å². The molecular weight excluding hydrogens is 320 g/mol. The van der Waals surface area contributed by atoms with Gasteiger partial charge in [0.25, 0.3) is 0 Å². The molecule has 5 nitrogen and oxygen atoms in total. The van der Waals surface area contributed by atoms with Crippen LogP contribution in [0.1, 0.15) is 52.4 Å². The van der Waals surface area contributed by atoms with Gasteiger partial charge in [-0.05, 0) is 51.5 Å². The molecule has 0 aromatic rings. The van der Waals surface area contributed by atoms with E-state index < -0.39 is 0 Å². The van der Waals surface area contributed by atoms with Crippen LogP contribution in [-0.2, 0) is 19.2 Å². The largest absolute Gasteiger partial charge is 0.458 e. The van der Waals surface area contributed by atoms with Crippen LogP contribution in [0.4, 0.5) is 0 Å². The molecule has 0 spiro atoms. The van der Waals surface area contributed by atoms with Crippen molar-refractivity contribution < 1.29 is 24.4 Å². The zero-order valence-corrected chi connectivity index (χ0v) is 15.1. The van der Waals surface area contributed by atoms with Gasteiger partial charge in [-0.25, -0.2) is 9.68 Å². The Labute approximate surface area is 149 Å². The Morgan fingerprint density at radius 3 is 2.88 bits per heavy atom. The van der Waals surface area contributed by atoms with Gasteiger partial charge in [0.1, 0.15) is 12.2 Å². The fourth-order valence-electron chi connectivity index (χ4n) is 4.00. The molecule has 138 valence electrons. The third kappa shape index (κ3) is 3.89. The predicted octanol–water partition coefficient (Wildman–Crippen LogP) is 3.96. The maximum absolute atomic E-state index is 12.0. The second-order valence-corrected chi connectivity index (χ2v) is 7.81. The monoisotopic (exact) mass is 348 g/mol. The molecular formula is C20H28O5. The molecule has 0 unspecified atom stereocenters. The minimum absolute atomic E-state index is 0.00506. The van der Waals surface area contributed by atoms with Gasteiger partial charge in [-0.1, -0.05) is 24.8 Å². The highest BCUT2D eigenvalue weighted by Crippen LogP contribution is 2.47. The summed E-state index contributed by atoms with van der Waals surface area (Å²) < 4.78 is 11.5. The lowest BCUT2D eigenvalue weighted by molar-refractivity contribution is -0.270. The Hall–Kier alpha value is -1.43. The van der Waals surface area contributed by atoms with E-state index in [1.165, 1.54) is 5.57 Å². The van der Waals surface area contributed by atoms with Crippen molar-refractivity contribution in [3.8, 4) is 0 Å². The summed E-state index contributed by atoms with van der Waals surface area (Å²) in [4.78, 5) is 16.6. The van der Waals surface area contributed by atoms with Crippen molar-refractivity contribution in [3.63, 3.8) is 0 Å². The number of allylic oxidation sites excluding steroid dienone is 1. The van der Waals surface area contributed by atoms with Crippen molar-refractivity contribution in [2.45, 2.75) is 76.3 Å². The topological polar surface area (TPSA) is 68.3 Å². The molecule has 0 aromatic heterocycles. The first-order valence-electron chi connectivity index (χ1n) is 9.05. The summed E-state index contributed by atoms with van der Waals surface area (Å²) in [5.74, 6) is -0.276. The zero-order valence-electron chi connectivity index (χ0n) is 15.1. The number of carbonyl (C=O) groups excluding carboxylic acids is 1. The standard InChI is InChI=1S/C20H28O5/c1-12-6-5-7-13(2)16(25-22)8-9-20(4)18(24-20)11-15-14(3)19(21)23-17(15)10-12/h6,15-18,22H,2-3,5,7-11H2,1,4H3/b12-6+/t15-,16-,17+,18+,20+/m1/s1. The molecule has 1 N–H and O–H groups in total. The van der Waals surface area contributed by atoms with E-state index in [2.05, 4.69) is 38.0 Å². The molecule has 2 heterocycles. The van der Waals surface area contributed by atoms with Gasteiger partial charge in [-0.2, -0.15) is 0 Å². The quantitative estimate of drug-likeness (QED) is 0.194. The summed E-state index contributed by atoms with van der Waals surface area (Å²) in [5, 5.41) is 9.21. The summed E-state index contributed by atoms with van der Waals surface area (Å²) in [6.07, 6.45) is 6.18. The number of fused-ring (bicyclic) bond motifs is 2. The highest BCUT2D eigenvalue weighted by atomic mass is 17.1. The molecule has 1 aliphatic carbocycles. The van der Waals surface area contributed by atoms with Crippen LogP contribution in [0.3, 0.4) is 0 Å². The van der Waals surface area contributed by atoms with Crippen LogP contribution in [0.5, 0.6) is 0 Å². The lowest BCUT2D eigenvalue weighted by atomic mass is 9.84. The van der Waals surface area contributed by atoms with E-state index in [-0.39, 0.29) is 35.8 Å². The molecule has 3 aliphatic rings. The van der Waals surface area contributed by atoms with E-state index in [0.717, 1.165) is 31.3 Å². The van der Waals surface area contributed by atoms with Gasteiger partial charge in [0.2, 0.25) is 0 Å². The Morgan fingerprint density at radius 2 is 2.16 bits per heavy atom. The lowest BCUT2D eigenvalue weighted by Crippen LogP contribution is -2.23. The minimum atomic E-state index is -0.363. The predicted molar refractivity (Wildman–Crippen MR) is 93.9 cm³/mol. The van der Waals surface area contributed by atoms with Gasteiger partial charge >= 0.3 is 5.97 Å². The average Bonchev–Trinajstić information content (AvgIpc) is 3.12. The van der Waals surface area contributed by atoms with Crippen molar-refractivity contribution in [2.75, 3.05) is 0 Å². The van der Waals surface area contributed by atoms with Gasteiger partial charge in [0.05, 0.1) is 11.7 Å². The van der Waals surface area contributed by atoms with E-state index in [4.69, 9.17) is 9.47 Å². The molecule has 0 bridgehead atoms. The van der Waals surface area contributed by atoms with Crippen LogP contribution in [0.15, 0.2) is 36.0 Å². The molecule has 25 heavy (non-hydrogen) atoms. The number of rotatable bonds is 1. The number of hydrogen-bond acceptors (Lipinski definition) is 5. The van der Waals surface area contributed by atoms with E-state index in [1.54, 1.807) is 0 Å². The van der Waals surface area contributed by atoms with Crippen LogP contribution < -0.4 is 0 Å². The number of epoxide rings is 1. The Morgan fingerprint density at radius 1 is 1.40 bits per heavy atom. The molecule has 5 heteroatoms. The summed E-state index contributed by atoms with van der Waals surface area (Å²) >= 11 is 0. The fourth-order valence-corrected chi connectivity index (χ4v) is 4.00. The van der Waals surface area contributed by atoms with Crippen molar-refractivity contribution in [2.24, 2.45) is 5.92 Å². The summed E-state index contributed by atoms with van der Waals surface area (Å²) in [6.45, 7) is 12.1. The first-order chi connectivity index (χ1) is 11.8. The molecule has 2 saturated heterocycles. The van der Waals surface area contributed by atoms with Crippen LogP contribution in [-0.4, -0.2) is 35.1 Å². The van der Waals surface area contributed by atoms with Crippen LogP contribution >= 0.6 is 0 Å². The highest BCUT2D eigenvalue weighted by Gasteiger charge is 2.54. The van der Waals surface area contributed by atoms with Crippen molar-refractivity contribution in [3.05, 3.63) is 36.0 Å². The summed E-state index contributed by atoms with van der Waals surface area (Å²) in [6, 6.07) is 0. The fraction of sp³-hybridized carbons (Fsp3) is 0.650. The molecule has 2 fully saturated rings. The van der Waals surface area contributed by atoms with E-state index in [1.807, 2.05) is 0 Å². The number of carbonyl (C=O) groups is 1. The SMILES string of the molecule is C=C1C(=O)O[C@H]2C/C(C)=C/CCC(=C)[C@H](OO)CC[C@]3(C)O[C@H]3C[C@H]12. The van der Waals surface area contributed by atoms with Crippen molar-refractivity contribution in [1.82, 2.24) is 0 Å². The first-order valence-corrected chi connectivity index (χ1v) is 9.05. The Kier molecular flexibility index (Phi) is 5.19. The van der Waals surface area contributed by atoms with Crippen molar-refractivity contribution >= 4 is 5.97 Å². The Balaban J connectivity index is 1.79. The molecule has 3 rings (SSSR count). The molecule has 0 amide bonds. The molecule has 0 radical (unpaired) electrons. The third-order valence-electron chi connectivity index (χ3n) is 5.89. The molecule has 0 saturated carbocycles. The van der Waals surface area contributed by atoms with Crippen LogP contribution in [0.25, 0.3) is 0 Å². The Bertz CT molecular complexity index is 607. The maximum atomic E-state index is 12.0. The zero-order chi connectivity index (χ0) is 18.2. The van der Waals surface area contributed by atoms with Gasteiger partial charge in [-0.3, -0.25) is 5.26 Å². The molecule has 2 aliphatic heterocycles. The molecule has 0 aromatic carbocycles. The van der Waals surface area contributed by atoms with Gasteiger partial charge < -0.3 is 9.47 Å². The lowest BCUT2D eigenvalue weighted by Gasteiger charge is -2.20. The van der Waals surface area contributed by atoms with Gasteiger partial charge in [-0.15, -0.1) is 0 Å². The minimum Gasteiger partial charge on any atom is -0.458 e. The second-order valence-electron chi connectivity index (χ2n) is 7.81. The summed E-state index contributed by atoms with van der Waals surface area (Å²) in [7, 11) is 0. The second kappa shape index (κ2) is 7.06. The molecule has 5 atom stereocenters. The van der Waals surface area contributed by atoms with Crippen LogP contribution in [0, 0.1) is 5.92 Å².